The molecule has 3 unspecified atom stereocenters. The van der Waals surface area contributed by atoms with Gasteiger partial charge in [-0.05, 0) is 102 Å². The van der Waals surface area contributed by atoms with E-state index in [0.29, 0.717) is 17.4 Å². The van der Waals surface area contributed by atoms with Crippen LogP contribution >= 0.6 is 7.82 Å². The SMILES string of the molecule is CCCCC/C=C\C/C=C\C/C=C\CCCCCCCCCCCCCCC(=O)NC(COP(=O)([O-])OCC[N+](C)(C)C)C(/C=C\CCCCCCCCCCCC)OC(=O)CCCCCCCCCCC/C=C\C/C=C\CCCCC. The fourth-order valence-electron chi connectivity index (χ4n) is 9.97. The van der Waals surface area contributed by atoms with E-state index in [1.807, 2.05) is 33.3 Å². The highest BCUT2D eigenvalue weighted by Gasteiger charge is 2.27. The molecule has 82 heavy (non-hydrogen) atoms. The predicted molar refractivity (Wildman–Crippen MR) is 353 cm³/mol. The van der Waals surface area contributed by atoms with E-state index in [1.165, 1.54) is 199 Å². The number of carbonyl (C=O) groups excluding carboxylic acids is 2. The van der Waals surface area contributed by atoms with Gasteiger partial charge in [-0.25, -0.2) is 0 Å². The molecule has 0 aromatic carbocycles. The number of hydrogen-bond donors (Lipinski definition) is 1. The minimum Gasteiger partial charge on any atom is -0.756 e. The van der Waals surface area contributed by atoms with Crippen molar-refractivity contribution < 1.29 is 37.3 Å². The zero-order valence-corrected chi connectivity index (χ0v) is 55.6. The largest absolute Gasteiger partial charge is 0.756 e. The van der Waals surface area contributed by atoms with Crippen LogP contribution in [0.4, 0.5) is 0 Å². The number of phosphoric acid groups is 1. The van der Waals surface area contributed by atoms with Gasteiger partial charge in [-0.15, -0.1) is 0 Å². The molecule has 0 bridgehead atoms. The second-order valence-corrected chi connectivity index (χ2v) is 26.1. The Labute approximate surface area is 508 Å². The average molecular weight is 1170 g/mol. The Morgan fingerprint density at radius 2 is 0.744 bits per heavy atom. The second kappa shape index (κ2) is 61.5. The summed E-state index contributed by atoms with van der Waals surface area (Å²) in [4.78, 5) is 40.1. The van der Waals surface area contributed by atoms with E-state index < -0.39 is 26.6 Å². The Hall–Kier alpha value is -2.55. The summed E-state index contributed by atoms with van der Waals surface area (Å²) in [5.41, 5.74) is 0. The standard InChI is InChI=1S/C72H133N2O7P/c1-7-10-13-16-19-22-25-28-30-32-34-35-36-37-38-39-41-42-44-46-49-52-55-58-61-64-71(75)73-69(68-80-82(77,78)79-67-66-74(4,5)6)70(63-60-57-54-51-48-27-24-21-18-15-12-9-3)81-72(76)65-62-59-56-53-50-47-45-43-40-33-31-29-26-23-20-17-14-11-8-2/h19-20,22-23,28-31,34-35,60,63,69-70H,7-18,21,24-27,32-33,36-59,61-62,64-68H2,1-6H3,(H-,73,75,77,78)/b22-19-,23-20-,30-28-,31-29-,35-34-,63-60-. The summed E-state index contributed by atoms with van der Waals surface area (Å²) in [6.45, 7) is 6.82. The quantitative estimate of drug-likeness (QED) is 0.0212. The highest BCUT2D eigenvalue weighted by molar-refractivity contribution is 7.45. The first-order valence-electron chi connectivity index (χ1n) is 34.7. The molecule has 10 heteroatoms. The molecule has 0 rings (SSSR count). The van der Waals surface area contributed by atoms with Crippen LogP contribution in [-0.2, 0) is 27.9 Å². The number of rotatable bonds is 63. The average Bonchev–Trinajstić information content (AvgIpc) is 3.44. The number of quaternary nitrogens is 1. The summed E-state index contributed by atoms with van der Waals surface area (Å²) < 4.78 is 30.4. The van der Waals surface area contributed by atoms with Crippen molar-refractivity contribution in [1.82, 2.24) is 5.32 Å². The highest BCUT2D eigenvalue weighted by atomic mass is 31.2. The maximum Gasteiger partial charge on any atom is 0.306 e. The van der Waals surface area contributed by atoms with Crippen molar-refractivity contribution in [2.75, 3.05) is 40.9 Å². The lowest BCUT2D eigenvalue weighted by Gasteiger charge is -2.30. The van der Waals surface area contributed by atoms with E-state index in [1.54, 1.807) is 0 Å². The molecular weight excluding hydrogens is 1040 g/mol. The third-order valence-electron chi connectivity index (χ3n) is 15.4. The van der Waals surface area contributed by atoms with Crippen molar-refractivity contribution in [1.29, 1.82) is 0 Å². The molecule has 0 spiro atoms. The van der Waals surface area contributed by atoms with Gasteiger partial charge in [0.2, 0.25) is 5.91 Å². The Morgan fingerprint density at radius 3 is 1.13 bits per heavy atom. The van der Waals surface area contributed by atoms with E-state index in [-0.39, 0.29) is 24.9 Å². The topological polar surface area (TPSA) is 114 Å². The molecule has 1 amide bonds. The number of esters is 1. The van der Waals surface area contributed by atoms with Crippen molar-refractivity contribution >= 4 is 19.7 Å². The molecule has 0 aromatic rings. The summed E-state index contributed by atoms with van der Waals surface area (Å²) in [5, 5.41) is 3.04. The van der Waals surface area contributed by atoms with Gasteiger partial charge in [0.05, 0.1) is 33.8 Å². The minimum atomic E-state index is -4.71. The lowest BCUT2D eigenvalue weighted by molar-refractivity contribution is -0.870. The molecule has 0 aliphatic rings. The number of carbonyl (C=O) groups is 2. The molecule has 0 aliphatic carbocycles. The van der Waals surface area contributed by atoms with Crippen LogP contribution in [0, 0.1) is 0 Å². The number of phosphoric ester groups is 1. The van der Waals surface area contributed by atoms with Crippen LogP contribution in [0.25, 0.3) is 0 Å². The number of likely N-dealkylation sites (N-methyl/N-ethyl adjacent to an activating group) is 1. The molecular formula is C72H133N2O7P. The van der Waals surface area contributed by atoms with Gasteiger partial charge < -0.3 is 28.5 Å². The number of nitrogens with one attached hydrogen (secondary N) is 1. The Kier molecular flexibility index (Phi) is 59.6. The molecule has 0 aromatic heterocycles. The molecule has 3 atom stereocenters. The van der Waals surface area contributed by atoms with Gasteiger partial charge in [0.25, 0.3) is 7.82 Å². The van der Waals surface area contributed by atoms with Crippen molar-refractivity contribution in [3.63, 3.8) is 0 Å². The minimum absolute atomic E-state index is 0.0246. The first kappa shape index (κ1) is 79.5. The fraction of sp³-hybridized carbons (Fsp3) is 0.806. The van der Waals surface area contributed by atoms with Crippen LogP contribution in [-0.4, -0.2) is 69.4 Å². The van der Waals surface area contributed by atoms with Gasteiger partial charge in [-0.3, -0.25) is 14.2 Å². The zero-order chi connectivity index (χ0) is 60.0. The van der Waals surface area contributed by atoms with Gasteiger partial charge in [0.15, 0.2) is 0 Å². The molecule has 0 aliphatic heterocycles. The number of hydrogen-bond acceptors (Lipinski definition) is 7. The number of unbranched alkanes of at least 4 members (excludes halogenated alkanes) is 37. The van der Waals surface area contributed by atoms with Gasteiger partial charge in [0.1, 0.15) is 19.3 Å². The lowest BCUT2D eigenvalue weighted by atomic mass is 10.0. The van der Waals surface area contributed by atoms with E-state index in [2.05, 4.69) is 86.8 Å². The van der Waals surface area contributed by atoms with E-state index in [9.17, 15) is 19.0 Å². The van der Waals surface area contributed by atoms with Gasteiger partial charge in [0, 0.05) is 12.8 Å². The van der Waals surface area contributed by atoms with Crippen LogP contribution in [0.15, 0.2) is 72.9 Å². The summed E-state index contributed by atoms with van der Waals surface area (Å²) in [6, 6.07) is -0.894. The van der Waals surface area contributed by atoms with Gasteiger partial charge in [-0.1, -0.05) is 280 Å². The smallest absolute Gasteiger partial charge is 0.306 e. The molecule has 478 valence electrons. The maximum atomic E-state index is 13.6. The fourth-order valence-corrected chi connectivity index (χ4v) is 10.7. The van der Waals surface area contributed by atoms with Gasteiger partial charge in [-0.2, -0.15) is 0 Å². The van der Waals surface area contributed by atoms with Crippen LogP contribution in [0.5, 0.6) is 0 Å². The van der Waals surface area contributed by atoms with Crippen LogP contribution < -0.4 is 10.2 Å². The molecule has 9 nitrogen and oxygen atoms in total. The maximum absolute atomic E-state index is 13.6. The molecule has 0 fully saturated rings. The van der Waals surface area contributed by atoms with E-state index in [4.69, 9.17) is 13.8 Å². The van der Waals surface area contributed by atoms with Crippen LogP contribution in [0.3, 0.4) is 0 Å². The monoisotopic (exact) mass is 1170 g/mol. The molecule has 0 heterocycles. The summed E-state index contributed by atoms with van der Waals surface area (Å²) in [6.07, 6.45) is 80.1. The first-order chi connectivity index (χ1) is 39.9. The number of allylic oxidation sites excluding steroid dienone is 11. The van der Waals surface area contributed by atoms with Gasteiger partial charge >= 0.3 is 5.97 Å². The van der Waals surface area contributed by atoms with Crippen molar-refractivity contribution in [2.24, 2.45) is 0 Å². The lowest BCUT2D eigenvalue weighted by Crippen LogP contribution is -2.47. The van der Waals surface area contributed by atoms with Crippen LogP contribution in [0.1, 0.15) is 323 Å². The molecule has 0 radical (unpaired) electrons. The molecule has 1 N–H and O–H groups in total. The summed E-state index contributed by atoms with van der Waals surface area (Å²) in [5.74, 6) is -0.540. The van der Waals surface area contributed by atoms with E-state index >= 15 is 0 Å². The Bertz CT molecular complexity index is 1630. The van der Waals surface area contributed by atoms with Crippen LogP contribution in [0.2, 0.25) is 0 Å². The summed E-state index contributed by atoms with van der Waals surface area (Å²) >= 11 is 0. The number of ether oxygens (including phenoxy) is 1. The number of amides is 1. The zero-order valence-electron chi connectivity index (χ0n) is 54.7. The normalized spacial score (nSPS) is 14.0. The highest BCUT2D eigenvalue weighted by Crippen LogP contribution is 2.38. The second-order valence-electron chi connectivity index (χ2n) is 24.7. The third-order valence-corrected chi connectivity index (χ3v) is 16.3. The number of nitrogens with zero attached hydrogens (tertiary/aromatic N) is 1. The van der Waals surface area contributed by atoms with E-state index in [0.717, 1.165) is 89.9 Å². The third kappa shape index (κ3) is 62.0. The van der Waals surface area contributed by atoms with Crippen molar-refractivity contribution in [3.8, 4) is 0 Å². The molecule has 0 saturated carbocycles. The first-order valence-corrected chi connectivity index (χ1v) is 36.2. The summed E-state index contributed by atoms with van der Waals surface area (Å²) in [7, 11) is 1.18. The Morgan fingerprint density at radius 1 is 0.427 bits per heavy atom. The molecule has 0 saturated heterocycles. The van der Waals surface area contributed by atoms with Crippen molar-refractivity contribution in [3.05, 3.63) is 72.9 Å². The van der Waals surface area contributed by atoms with Crippen molar-refractivity contribution in [2.45, 2.75) is 335 Å². The Balaban J connectivity index is 5.09. The predicted octanol–water partition coefficient (Wildman–Crippen LogP) is 21.3.